The van der Waals surface area contributed by atoms with E-state index in [2.05, 4.69) is 51.4 Å². The molecule has 168 valence electrons. The first-order valence-corrected chi connectivity index (χ1v) is 11.3. The van der Waals surface area contributed by atoms with Gasteiger partial charge in [0.2, 0.25) is 0 Å². The Labute approximate surface area is 181 Å². The summed E-state index contributed by atoms with van der Waals surface area (Å²) in [6.07, 6.45) is 1.17. The average molecular weight is 418 g/mol. The van der Waals surface area contributed by atoms with Gasteiger partial charge < -0.3 is 25.0 Å². The summed E-state index contributed by atoms with van der Waals surface area (Å²) in [6.45, 7) is 12.2. The number of hydrogen-bond donors (Lipinski definition) is 2. The third-order valence-corrected chi connectivity index (χ3v) is 6.26. The lowest BCUT2D eigenvalue weighted by Gasteiger charge is -2.37. The molecule has 0 amide bonds. The lowest BCUT2D eigenvalue weighted by Crippen LogP contribution is -2.52. The maximum atomic E-state index is 5.53. The number of ether oxygens (including phenoxy) is 2. The highest BCUT2D eigenvalue weighted by atomic mass is 16.5. The van der Waals surface area contributed by atoms with Gasteiger partial charge in [0, 0.05) is 52.4 Å². The maximum absolute atomic E-state index is 5.53. The van der Waals surface area contributed by atoms with Crippen LogP contribution in [0.2, 0.25) is 0 Å². The number of anilines is 1. The minimum Gasteiger partial charge on any atom is -0.495 e. The van der Waals surface area contributed by atoms with E-state index < -0.39 is 0 Å². The summed E-state index contributed by atoms with van der Waals surface area (Å²) in [5.41, 5.74) is 1.19. The highest BCUT2D eigenvalue weighted by Crippen LogP contribution is 2.31. The minimum atomic E-state index is 0.486. The molecule has 0 bridgehead atoms. The average Bonchev–Trinajstić information content (AvgIpc) is 3.25. The standard InChI is InChI=1S/C23H39N5O2/c1-18(2)21(27-11-13-30-14-12-27)16-26-23(24-3)25-15-19-9-10-28(17-19)20-7-5-6-8-22(20)29-4/h5-8,18-19,21H,9-17H2,1-4H3,(H2,24,25,26). The SMILES string of the molecule is CN=C(NCC1CCN(c2ccccc2OC)C1)NCC(C(C)C)N1CCOCC1. The van der Waals surface area contributed by atoms with Gasteiger partial charge in [-0.25, -0.2) is 0 Å². The maximum Gasteiger partial charge on any atom is 0.191 e. The number of guanidine groups is 1. The van der Waals surface area contributed by atoms with Gasteiger partial charge >= 0.3 is 0 Å². The summed E-state index contributed by atoms with van der Waals surface area (Å²) in [7, 11) is 3.59. The summed E-state index contributed by atoms with van der Waals surface area (Å²) < 4.78 is 11.1. The van der Waals surface area contributed by atoms with Gasteiger partial charge in [-0.05, 0) is 30.4 Å². The van der Waals surface area contributed by atoms with Crippen molar-refractivity contribution in [1.29, 1.82) is 0 Å². The molecule has 1 aromatic rings. The molecule has 1 aromatic carbocycles. The Morgan fingerprint density at radius 2 is 1.97 bits per heavy atom. The van der Waals surface area contributed by atoms with Crippen LogP contribution in [0.5, 0.6) is 5.75 Å². The van der Waals surface area contributed by atoms with Crippen molar-refractivity contribution in [2.75, 3.05) is 71.5 Å². The largest absolute Gasteiger partial charge is 0.495 e. The monoisotopic (exact) mass is 417 g/mol. The number of methoxy groups -OCH3 is 1. The molecule has 2 fully saturated rings. The Morgan fingerprint density at radius 3 is 2.67 bits per heavy atom. The van der Waals surface area contributed by atoms with Crippen LogP contribution in [0.25, 0.3) is 0 Å². The molecule has 2 aliphatic heterocycles. The van der Waals surface area contributed by atoms with Gasteiger partial charge in [0.1, 0.15) is 5.75 Å². The highest BCUT2D eigenvalue weighted by molar-refractivity contribution is 5.79. The molecular weight excluding hydrogens is 378 g/mol. The number of nitrogens with zero attached hydrogens (tertiary/aromatic N) is 3. The fraction of sp³-hybridized carbons (Fsp3) is 0.696. The van der Waals surface area contributed by atoms with Crippen molar-refractivity contribution in [3.63, 3.8) is 0 Å². The van der Waals surface area contributed by atoms with E-state index in [4.69, 9.17) is 9.47 Å². The summed E-state index contributed by atoms with van der Waals surface area (Å²) in [5.74, 6) is 3.02. The molecule has 7 heteroatoms. The number of nitrogens with one attached hydrogen (secondary N) is 2. The van der Waals surface area contributed by atoms with Crippen LogP contribution in [0, 0.1) is 11.8 Å². The zero-order chi connectivity index (χ0) is 21.3. The van der Waals surface area contributed by atoms with Crippen LogP contribution >= 0.6 is 0 Å². The number of hydrogen-bond acceptors (Lipinski definition) is 5. The Bertz CT molecular complexity index is 675. The van der Waals surface area contributed by atoms with Gasteiger partial charge in [-0.1, -0.05) is 26.0 Å². The molecular formula is C23H39N5O2. The van der Waals surface area contributed by atoms with Crippen molar-refractivity contribution < 1.29 is 9.47 Å². The second-order valence-electron chi connectivity index (χ2n) is 8.57. The van der Waals surface area contributed by atoms with Crippen molar-refractivity contribution in [2.24, 2.45) is 16.8 Å². The van der Waals surface area contributed by atoms with E-state index >= 15 is 0 Å². The van der Waals surface area contributed by atoms with Gasteiger partial charge in [-0.3, -0.25) is 9.89 Å². The molecule has 2 saturated heterocycles. The zero-order valence-electron chi connectivity index (χ0n) is 19.1. The second-order valence-corrected chi connectivity index (χ2v) is 8.57. The third-order valence-electron chi connectivity index (χ3n) is 6.26. The van der Waals surface area contributed by atoms with E-state index in [-0.39, 0.29) is 0 Å². The van der Waals surface area contributed by atoms with Gasteiger partial charge in [0.15, 0.2) is 5.96 Å². The van der Waals surface area contributed by atoms with Crippen LogP contribution in [0.4, 0.5) is 5.69 Å². The van der Waals surface area contributed by atoms with Crippen LogP contribution in [0.1, 0.15) is 20.3 Å². The molecule has 2 N–H and O–H groups in total. The Hall–Kier alpha value is -1.99. The first kappa shape index (κ1) is 22.7. The van der Waals surface area contributed by atoms with Crippen LogP contribution in [-0.4, -0.2) is 83.5 Å². The van der Waals surface area contributed by atoms with E-state index in [0.717, 1.165) is 64.2 Å². The molecule has 0 aromatic heterocycles. The lowest BCUT2D eigenvalue weighted by atomic mass is 10.0. The van der Waals surface area contributed by atoms with Crippen LogP contribution in [0.3, 0.4) is 0 Å². The van der Waals surface area contributed by atoms with E-state index in [9.17, 15) is 0 Å². The smallest absolute Gasteiger partial charge is 0.191 e. The molecule has 3 rings (SSSR count). The zero-order valence-corrected chi connectivity index (χ0v) is 19.1. The van der Waals surface area contributed by atoms with E-state index in [1.54, 1.807) is 7.11 Å². The van der Waals surface area contributed by atoms with Crippen molar-refractivity contribution in [2.45, 2.75) is 26.3 Å². The number of benzene rings is 1. The quantitative estimate of drug-likeness (QED) is 0.499. The fourth-order valence-corrected chi connectivity index (χ4v) is 4.47. The van der Waals surface area contributed by atoms with Crippen LogP contribution < -0.4 is 20.3 Å². The first-order valence-electron chi connectivity index (χ1n) is 11.3. The van der Waals surface area contributed by atoms with Gasteiger partial charge in [-0.2, -0.15) is 0 Å². The lowest BCUT2D eigenvalue weighted by molar-refractivity contribution is 0.00752. The molecule has 0 saturated carbocycles. The van der Waals surface area contributed by atoms with Crippen LogP contribution in [-0.2, 0) is 4.74 Å². The van der Waals surface area contributed by atoms with Crippen molar-refractivity contribution in [1.82, 2.24) is 15.5 Å². The number of rotatable bonds is 8. The molecule has 7 nitrogen and oxygen atoms in total. The van der Waals surface area contributed by atoms with Crippen molar-refractivity contribution >= 4 is 11.6 Å². The molecule has 0 radical (unpaired) electrons. The summed E-state index contributed by atoms with van der Waals surface area (Å²) in [5, 5.41) is 7.10. The molecule has 2 unspecified atom stereocenters. The predicted molar refractivity (Wildman–Crippen MR) is 124 cm³/mol. The fourth-order valence-electron chi connectivity index (χ4n) is 4.47. The van der Waals surface area contributed by atoms with Gasteiger partial charge in [0.25, 0.3) is 0 Å². The molecule has 2 aliphatic rings. The summed E-state index contributed by atoms with van der Waals surface area (Å²) >= 11 is 0. The first-order chi connectivity index (χ1) is 14.6. The highest BCUT2D eigenvalue weighted by Gasteiger charge is 2.26. The van der Waals surface area contributed by atoms with Crippen molar-refractivity contribution in [3.8, 4) is 5.75 Å². The number of morpholine rings is 1. The Morgan fingerprint density at radius 1 is 1.20 bits per heavy atom. The molecule has 2 atom stereocenters. The van der Waals surface area contributed by atoms with Gasteiger partial charge in [0.05, 0.1) is 26.0 Å². The van der Waals surface area contributed by atoms with Crippen LogP contribution in [0.15, 0.2) is 29.3 Å². The third kappa shape index (κ3) is 6.01. The molecule has 0 aliphatic carbocycles. The minimum absolute atomic E-state index is 0.486. The number of para-hydroxylation sites is 2. The summed E-state index contributed by atoms with van der Waals surface area (Å²) in [6, 6.07) is 8.77. The van der Waals surface area contributed by atoms with Crippen molar-refractivity contribution in [3.05, 3.63) is 24.3 Å². The number of aliphatic imine (C=N–C) groups is 1. The second kappa shape index (κ2) is 11.4. The summed E-state index contributed by atoms with van der Waals surface area (Å²) in [4.78, 5) is 9.41. The Balaban J connectivity index is 1.46. The predicted octanol–water partition coefficient (Wildman–Crippen LogP) is 2.04. The van der Waals surface area contributed by atoms with Gasteiger partial charge in [-0.15, -0.1) is 0 Å². The van der Waals surface area contributed by atoms with E-state index in [1.807, 2.05) is 19.2 Å². The van der Waals surface area contributed by atoms with E-state index in [0.29, 0.717) is 17.9 Å². The topological polar surface area (TPSA) is 61.4 Å². The Kier molecular flexibility index (Phi) is 8.63. The molecule has 2 heterocycles. The molecule has 0 spiro atoms. The molecule has 30 heavy (non-hydrogen) atoms. The normalized spacial score (nSPS) is 21.7. The van der Waals surface area contributed by atoms with E-state index in [1.165, 1.54) is 12.1 Å².